The molecule has 0 amide bonds. The van der Waals surface area contributed by atoms with Gasteiger partial charge in [-0.25, -0.2) is 0 Å². The van der Waals surface area contributed by atoms with E-state index < -0.39 is 5.24 Å². The highest BCUT2D eigenvalue weighted by Gasteiger charge is 2.16. The normalized spacial score (nSPS) is 10.4. The first-order valence-corrected chi connectivity index (χ1v) is 5.36. The van der Waals surface area contributed by atoms with E-state index in [0.29, 0.717) is 10.8 Å². The Hall–Kier alpha value is -1.25. The third kappa shape index (κ3) is 1.75. The van der Waals surface area contributed by atoms with Crippen molar-refractivity contribution in [1.82, 2.24) is 0 Å². The molecule has 82 valence electrons. The summed E-state index contributed by atoms with van der Waals surface area (Å²) in [7, 11) is 1.46. The lowest BCUT2D eigenvalue weighted by molar-refractivity contribution is 0.107. The van der Waals surface area contributed by atoms with Gasteiger partial charge in [0.1, 0.15) is 5.75 Å². The SMILES string of the molecule is COc1c(C(=O)Cl)cc2ccccc2c1Cl. The third-order valence-corrected chi connectivity index (χ3v) is 2.94. The monoisotopic (exact) mass is 254 g/mol. The maximum absolute atomic E-state index is 11.2. The standard InChI is InChI=1S/C12H8Cl2O2/c1-16-11-9(12(14)15)6-7-4-2-3-5-8(7)10(11)13/h2-6H,1H3. The zero-order valence-corrected chi connectivity index (χ0v) is 9.97. The second-order valence-corrected chi connectivity index (χ2v) is 3.99. The van der Waals surface area contributed by atoms with E-state index in [1.54, 1.807) is 6.07 Å². The van der Waals surface area contributed by atoms with Crippen molar-refractivity contribution >= 4 is 39.2 Å². The molecule has 0 fully saturated rings. The number of benzene rings is 2. The third-order valence-electron chi connectivity index (χ3n) is 2.36. The van der Waals surface area contributed by atoms with Gasteiger partial charge in [0.2, 0.25) is 0 Å². The zero-order valence-electron chi connectivity index (χ0n) is 8.46. The predicted octanol–water partition coefficient (Wildman–Crippen LogP) is 3.88. The van der Waals surface area contributed by atoms with E-state index in [-0.39, 0.29) is 5.56 Å². The lowest BCUT2D eigenvalue weighted by Crippen LogP contribution is -1.97. The molecule has 2 aromatic carbocycles. The molecule has 0 saturated carbocycles. The molecular formula is C12H8Cl2O2. The quantitative estimate of drug-likeness (QED) is 0.761. The van der Waals surface area contributed by atoms with E-state index in [2.05, 4.69) is 0 Å². The highest BCUT2D eigenvalue weighted by Crippen LogP contribution is 2.36. The number of hydrogen-bond acceptors (Lipinski definition) is 2. The number of carbonyl (C=O) groups is 1. The van der Waals surface area contributed by atoms with Gasteiger partial charge in [-0.3, -0.25) is 4.79 Å². The van der Waals surface area contributed by atoms with Gasteiger partial charge in [-0.2, -0.15) is 0 Å². The molecule has 0 unspecified atom stereocenters. The Morgan fingerprint density at radius 2 is 2.00 bits per heavy atom. The molecule has 16 heavy (non-hydrogen) atoms. The van der Waals surface area contributed by atoms with E-state index >= 15 is 0 Å². The van der Waals surface area contributed by atoms with Crippen molar-refractivity contribution in [2.24, 2.45) is 0 Å². The first-order valence-electron chi connectivity index (χ1n) is 4.60. The molecular weight excluding hydrogens is 247 g/mol. The van der Waals surface area contributed by atoms with Crippen LogP contribution in [0.5, 0.6) is 5.75 Å². The molecule has 0 bridgehead atoms. The maximum Gasteiger partial charge on any atom is 0.256 e. The summed E-state index contributed by atoms with van der Waals surface area (Å²) in [4.78, 5) is 11.2. The molecule has 0 aliphatic rings. The summed E-state index contributed by atoms with van der Waals surface area (Å²) in [5.41, 5.74) is 0.285. The lowest BCUT2D eigenvalue weighted by Gasteiger charge is -2.10. The lowest BCUT2D eigenvalue weighted by atomic mass is 10.1. The fourth-order valence-electron chi connectivity index (χ4n) is 1.63. The van der Waals surface area contributed by atoms with E-state index in [9.17, 15) is 4.79 Å². The molecule has 0 atom stereocenters. The van der Waals surface area contributed by atoms with Crippen LogP contribution in [0.25, 0.3) is 10.8 Å². The van der Waals surface area contributed by atoms with Crippen molar-refractivity contribution in [2.75, 3.05) is 7.11 Å². The summed E-state index contributed by atoms with van der Waals surface area (Å²) < 4.78 is 5.11. The number of methoxy groups -OCH3 is 1. The predicted molar refractivity (Wildman–Crippen MR) is 65.7 cm³/mol. The van der Waals surface area contributed by atoms with Gasteiger partial charge in [0.25, 0.3) is 5.24 Å². The summed E-state index contributed by atoms with van der Waals surface area (Å²) >= 11 is 11.6. The van der Waals surface area contributed by atoms with Crippen LogP contribution in [-0.2, 0) is 0 Å². The van der Waals surface area contributed by atoms with Crippen LogP contribution < -0.4 is 4.74 Å². The molecule has 0 N–H and O–H groups in total. The van der Waals surface area contributed by atoms with Crippen molar-refractivity contribution in [3.8, 4) is 5.75 Å². The minimum absolute atomic E-state index is 0.285. The molecule has 0 saturated heterocycles. The van der Waals surface area contributed by atoms with E-state index in [4.69, 9.17) is 27.9 Å². The Morgan fingerprint density at radius 3 is 2.62 bits per heavy atom. The molecule has 0 radical (unpaired) electrons. The van der Waals surface area contributed by atoms with Crippen molar-refractivity contribution in [2.45, 2.75) is 0 Å². The average molecular weight is 255 g/mol. The van der Waals surface area contributed by atoms with Gasteiger partial charge in [0, 0.05) is 5.39 Å². The van der Waals surface area contributed by atoms with Gasteiger partial charge < -0.3 is 4.74 Å². The second-order valence-electron chi connectivity index (χ2n) is 3.27. The fourth-order valence-corrected chi connectivity index (χ4v) is 2.12. The van der Waals surface area contributed by atoms with Crippen LogP contribution in [0.2, 0.25) is 5.02 Å². The number of halogens is 2. The van der Waals surface area contributed by atoms with Crippen LogP contribution in [-0.4, -0.2) is 12.4 Å². The Bertz CT molecular complexity index is 564. The van der Waals surface area contributed by atoms with Crippen LogP contribution in [0.1, 0.15) is 10.4 Å². The summed E-state index contributed by atoms with van der Waals surface area (Å²) in [6, 6.07) is 9.14. The molecule has 2 aromatic rings. The number of rotatable bonds is 2. The Balaban J connectivity index is 2.87. The van der Waals surface area contributed by atoms with Crippen LogP contribution >= 0.6 is 23.2 Å². The number of ether oxygens (including phenoxy) is 1. The minimum atomic E-state index is -0.579. The fraction of sp³-hybridized carbons (Fsp3) is 0.0833. The first-order chi connectivity index (χ1) is 7.65. The highest BCUT2D eigenvalue weighted by molar-refractivity contribution is 6.68. The minimum Gasteiger partial charge on any atom is -0.494 e. The Morgan fingerprint density at radius 1 is 1.31 bits per heavy atom. The molecule has 2 rings (SSSR count). The van der Waals surface area contributed by atoms with Gasteiger partial charge in [-0.1, -0.05) is 35.9 Å². The van der Waals surface area contributed by atoms with E-state index in [0.717, 1.165) is 10.8 Å². The smallest absolute Gasteiger partial charge is 0.256 e. The largest absolute Gasteiger partial charge is 0.494 e. The van der Waals surface area contributed by atoms with Crippen molar-refractivity contribution < 1.29 is 9.53 Å². The molecule has 2 nitrogen and oxygen atoms in total. The highest BCUT2D eigenvalue weighted by atomic mass is 35.5. The van der Waals surface area contributed by atoms with Crippen molar-refractivity contribution in [3.05, 3.63) is 40.9 Å². The summed E-state index contributed by atoms with van der Waals surface area (Å²) in [6.07, 6.45) is 0. The molecule has 0 aromatic heterocycles. The van der Waals surface area contributed by atoms with Gasteiger partial charge in [0.05, 0.1) is 17.7 Å². The van der Waals surface area contributed by atoms with Crippen molar-refractivity contribution in [3.63, 3.8) is 0 Å². The molecule has 4 heteroatoms. The summed E-state index contributed by atoms with van der Waals surface area (Å²) in [5.74, 6) is 0.320. The molecule has 0 aliphatic heterocycles. The molecule has 0 heterocycles. The first kappa shape index (κ1) is 11.2. The van der Waals surface area contributed by atoms with Crippen LogP contribution in [0, 0.1) is 0 Å². The number of fused-ring (bicyclic) bond motifs is 1. The van der Waals surface area contributed by atoms with Crippen LogP contribution in [0.15, 0.2) is 30.3 Å². The summed E-state index contributed by atoms with van der Waals surface area (Å²) in [6.45, 7) is 0. The number of hydrogen-bond donors (Lipinski definition) is 0. The van der Waals surface area contributed by atoms with Gasteiger partial charge in [-0.15, -0.1) is 0 Å². The van der Waals surface area contributed by atoms with Crippen molar-refractivity contribution in [1.29, 1.82) is 0 Å². The van der Waals surface area contributed by atoms with Crippen LogP contribution in [0.3, 0.4) is 0 Å². The Labute approximate surface area is 103 Å². The molecule has 0 aliphatic carbocycles. The topological polar surface area (TPSA) is 26.3 Å². The van der Waals surface area contributed by atoms with E-state index in [1.165, 1.54) is 7.11 Å². The maximum atomic E-state index is 11.2. The average Bonchev–Trinajstić information content (AvgIpc) is 2.29. The van der Waals surface area contributed by atoms with Gasteiger partial charge in [0.15, 0.2) is 0 Å². The zero-order chi connectivity index (χ0) is 11.7. The van der Waals surface area contributed by atoms with Gasteiger partial charge >= 0.3 is 0 Å². The van der Waals surface area contributed by atoms with Gasteiger partial charge in [-0.05, 0) is 23.1 Å². The van der Waals surface area contributed by atoms with Crippen LogP contribution in [0.4, 0.5) is 0 Å². The van der Waals surface area contributed by atoms with E-state index in [1.807, 2.05) is 24.3 Å². The second kappa shape index (κ2) is 4.32. The number of carbonyl (C=O) groups excluding carboxylic acids is 1. The molecule has 0 spiro atoms. The Kier molecular flexibility index (Phi) is 3.03. The summed E-state index contributed by atoms with van der Waals surface area (Å²) in [5, 5.41) is 1.52.